The molecule has 5 aliphatic rings. The quantitative estimate of drug-likeness (QED) is 0.0321. The Bertz CT molecular complexity index is 2800. The normalized spacial score (nSPS) is 32.4. The van der Waals surface area contributed by atoms with Crippen LogP contribution < -0.4 is 0 Å². The second-order valence-electron chi connectivity index (χ2n) is 18.0. The van der Waals surface area contributed by atoms with Gasteiger partial charge in [-0.3, -0.25) is 0 Å². The topological polar surface area (TPSA) is 424 Å². The molecule has 26 nitrogen and oxygen atoms in total. The van der Waals surface area contributed by atoms with Gasteiger partial charge in [0.25, 0.3) is 0 Å². The van der Waals surface area contributed by atoms with Gasteiger partial charge in [-0.05, 0) is 71.8 Å². The maximum absolute atomic E-state index is 12.9. The van der Waals surface area contributed by atoms with E-state index in [4.69, 9.17) is 42.6 Å². The Labute approximate surface area is 435 Å². The van der Waals surface area contributed by atoms with Gasteiger partial charge in [-0.25, -0.2) is 9.59 Å². The molecule has 1 aliphatic carbocycles. The van der Waals surface area contributed by atoms with Crippen molar-refractivity contribution in [3.63, 3.8) is 0 Å². The summed E-state index contributed by atoms with van der Waals surface area (Å²) in [5.41, 5.74) is 0.864. The maximum Gasteiger partial charge on any atom is 0.330 e. The number of aliphatic hydroxyl groups is 12. The number of fused-ring (bicyclic) bond motifs is 1. The van der Waals surface area contributed by atoms with Crippen molar-refractivity contribution in [2.24, 2.45) is 0 Å². The van der Waals surface area contributed by atoms with Crippen LogP contribution >= 0.6 is 0 Å². The van der Waals surface area contributed by atoms with Crippen molar-refractivity contribution in [1.82, 2.24) is 0 Å². The van der Waals surface area contributed by atoms with Crippen molar-refractivity contribution in [3.05, 3.63) is 131 Å². The molecule has 8 rings (SSSR count). The summed E-state index contributed by atoms with van der Waals surface area (Å²) in [6.45, 7) is -2.37. The van der Waals surface area contributed by atoms with Crippen molar-refractivity contribution >= 4 is 29.8 Å². The van der Waals surface area contributed by atoms with Gasteiger partial charge in [0.1, 0.15) is 97.6 Å². The van der Waals surface area contributed by atoms with Crippen molar-refractivity contribution in [2.75, 3.05) is 19.8 Å². The third kappa shape index (κ3) is 12.8. The van der Waals surface area contributed by atoms with Crippen LogP contribution in [0.1, 0.15) is 16.7 Å². The first-order valence-electron chi connectivity index (χ1n) is 23.5. The number of allylic oxidation sites excluding steroid dienone is 2. The highest BCUT2D eigenvalue weighted by molar-refractivity contribution is 5.87. The summed E-state index contributed by atoms with van der Waals surface area (Å²) in [7, 11) is 0. The minimum absolute atomic E-state index is 0.0427. The highest BCUT2D eigenvalue weighted by atomic mass is 16.8. The number of hydrogen-bond donors (Lipinski definition) is 15. The molecule has 0 radical (unpaired) electrons. The van der Waals surface area contributed by atoms with Crippen LogP contribution in [0.5, 0.6) is 28.7 Å². The minimum Gasteiger partial charge on any atom is -0.571 e. The Hall–Kier alpha value is -7.28. The van der Waals surface area contributed by atoms with E-state index < -0.39 is 159 Å². The SMILES string of the molecule is O=C(C=Cc1ccc(O)c(O)c1)OCC1OC(OC2C(OC3=C(c4ccc(O)cc4)[OH+]C4C=C(O)C=C(OC5OC(CO)C(O)C(O)C5O)C4=C3)OC(COC(=O)C=Cc3ccc(O)c(O)c3)C(O)C2O)C(O)C(O)C1O. The molecular weight excluding hydrogens is 1030 g/mol. The first kappa shape index (κ1) is 55.9. The summed E-state index contributed by atoms with van der Waals surface area (Å²) in [6.07, 6.45) is -21.4. The molecule has 16 atom stereocenters. The average Bonchev–Trinajstić information content (AvgIpc) is 3.42. The summed E-state index contributed by atoms with van der Waals surface area (Å²) >= 11 is 0. The lowest BCUT2D eigenvalue weighted by Gasteiger charge is -2.46. The predicted octanol–water partition coefficient (Wildman–Crippen LogP) is -1.95. The lowest BCUT2D eigenvalue weighted by atomic mass is 9.96. The fourth-order valence-corrected chi connectivity index (χ4v) is 8.43. The standard InChI is InChI=1S/C51H54O26/c52-18-34-39(61)42(64)45(67)49(74-34)72-32-16-25(54)15-31-26(32)17-33(47(71-31)23-5-7-24(53)8-6-23)73-51-48(44(66)41(63)36(76-51)20-70-38(60)12-4-22-2-10-28(56)30(58)14-22)77-50-46(68)43(65)40(62)35(75-50)19-69-37(59)11-3-21-1-9-27(55)29(57)13-21/h1-17,31,34-36,39-46,48-58,61-68H,18-20H2/p+1. The highest BCUT2D eigenvalue weighted by Crippen LogP contribution is 2.40. The summed E-state index contributed by atoms with van der Waals surface area (Å²) < 4.78 is 51.2. The second-order valence-corrected chi connectivity index (χ2v) is 18.0. The number of esters is 2. The Kier molecular flexibility index (Phi) is 17.4. The van der Waals surface area contributed by atoms with Crippen LogP contribution in [-0.4, -0.2) is 211 Å². The number of ether oxygens (including phenoxy) is 9. The van der Waals surface area contributed by atoms with E-state index in [9.17, 15) is 86.2 Å². The molecule has 3 saturated heterocycles. The van der Waals surface area contributed by atoms with Crippen LogP contribution in [0.2, 0.25) is 0 Å². The largest absolute Gasteiger partial charge is 0.571 e. The van der Waals surface area contributed by atoms with Gasteiger partial charge in [0, 0.05) is 24.3 Å². The highest BCUT2D eigenvalue weighted by Gasteiger charge is 2.53. The molecule has 0 spiro atoms. The number of phenolic OH excluding ortho intramolecular Hbond substituents is 5. The van der Waals surface area contributed by atoms with E-state index in [2.05, 4.69) is 0 Å². The van der Waals surface area contributed by atoms with Gasteiger partial charge in [0.05, 0.1) is 23.8 Å². The fourth-order valence-electron chi connectivity index (χ4n) is 8.43. The minimum atomic E-state index is -2.13. The summed E-state index contributed by atoms with van der Waals surface area (Å²) in [5, 5.41) is 158. The number of carbonyl (C=O) groups excluding carboxylic acids is 2. The van der Waals surface area contributed by atoms with E-state index in [0.29, 0.717) is 0 Å². The van der Waals surface area contributed by atoms with Crippen LogP contribution in [0.25, 0.3) is 17.9 Å². The summed E-state index contributed by atoms with van der Waals surface area (Å²) in [5.74, 6) is -4.93. The monoisotopic (exact) mass is 1080 g/mol. The molecule has 0 aromatic heterocycles. The van der Waals surface area contributed by atoms with E-state index in [0.717, 1.165) is 30.4 Å². The van der Waals surface area contributed by atoms with Gasteiger partial charge in [-0.2, -0.15) is 0 Å². The molecule has 0 amide bonds. The third-order valence-corrected chi connectivity index (χ3v) is 12.7. The number of carbonyl (C=O) groups is 2. The van der Waals surface area contributed by atoms with Gasteiger partial charge in [-0.1, -0.05) is 12.1 Å². The lowest BCUT2D eigenvalue weighted by Crippen LogP contribution is -2.64. The van der Waals surface area contributed by atoms with Gasteiger partial charge in [0.15, 0.2) is 35.4 Å². The molecule has 0 saturated carbocycles. The van der Waals surface area contributed by atoms with Crippen molar-refractivity contribution in [3.8, 4) is 28.7 Å². The number of aromatic hydroxyl groups is 5. The van der Waals surface area contributed by atoms with Gasteiger partial charge in [-0.15, -0.1) is 0 Å². The zero-order valence-corrected chi connectivity index (χ0v) is 39.9. The Morgan fingerprint density at radius 2 is 1.08 bits per heavy atom. The predicted molar refractivity (Wildman–Crippen MR) is 256 cm³/mol. The third-order valence-electron chi connectivity index (χ3n) is 12.7. The van der Waals surface area contributed by atoms with Crippen LogP contribution in [0.3, 0.4) is 0 Å². The molecule has 4 heterocycles. The lowest BCUT2D eigenvalue weighted by molar-refractivity contribution is -0.363. The Morgan fingerprint density at radius 3 is 1.64 bits per heavy atom. The second kappa shape index (κ2) is 23.9. The number of phenols is 5. The van der Waals surface area contributed by atoms with E-state index in [-0.39, 0.29) is 45.3 Å². The molecule has 3 fully saturated rings. The number of rotatable bonds is 16. The van der Waals surface area contributed by atoms with Crippen molar-refractivity contribution in [2.45, 2.75) is 98.2 Å². The fraction of sp³-hybridized carbons (Fsp3) is 0.373. The molecule has 77 heavy (non-hydrogen) atoms. The van der Waals surface area contributed by atoms with Crippen molar-refractivity contribution < 1.29 is 129 Å². The first-order valence-corrected chi connectivity index (χ1v) is 23.5. The van der Waals surface area contributed by atoms with Crippen LogP contribution in [0.4, 0.5) is 0 Å². The van der Waals surface area contributed by atoms with Gasteiger partial charge in [0.2, 0.25) is 24.4 Å². The number of aliphatic hydroxyl groups excluding tert-OH is 10. The average molecular weight is 1080 g/mol. The zero-order valence-electron chi connectivity index (χ0n) is 39.9. The van der Waals surface area contributed by atoms with Gasteiger partial charge >= 0.3 is 17.7 Å². The van der Waals surface area contributed by atoms with E-state index >= 15 is 0 Å². The molecule has 3 aromatic rings. The molecule has 16 unspecified atom stereocenters. The number of benzene rings is 3. The molecular formula is C51H55O26+. The van der Waals surface area contributed by atoms with Crippen LogP contribution in [0, 0.1) is 0 Å². The smallest absolute Gasteiger partial charge is 0.330 e. The first-order chi connectivity index (χ1) is 36.7. The molecule has 4 aliphatic heterocycles. The summed E-state index contributed by atoms with van der Waals surface area (Å²) in [6, 6.07) is 12.9. The number of hydrogen-bond acceptors (Lipinski definition) is 25. The van der Waals surface area contributed by atoms with E-state index in [1.54, 1.807) is 0 Å². The Balaban J connectivity index is 1.10. The Morgan fingerprint density at radius 1 is 0.558 bits per heavy atom. The molecule has 16 N–H and O–H groups in total. The zero-order chi connectivity index (χ0) is 55.4. The van der Waals surface area contributed by atoms with Crippen molar-refractivity contribution in [1.29, 1.82) is 0 Å². The van der Waals surface area contributed by atoms with E-state index in [1.165, 1.54) is 72.8 Å². The van der Waals surface area contributed by atoms with Crippen LogP contribution in [-0.2, 0) is 47.5 Å². The van der Waals surface area contributed by atoms with E-state index in [1.807, 2.05) is 0 Å². The van der Waals surface area contributed by atoms with Crippen LogP contribution in [0.15, 0.2) is 114 Å². The summed E-state index contributed by atoms with van der Waals surface area (Å²) in [4.78, 5) is 25.7. The molecule has 3 aromatic carbocycles. The maximum atomic E-state index is 12.9. The van der Waals surface area contributed by atoms with Gasteiger partial charge < -0.3 is 119 Å². The molecule has 414 valence electrons. The molecule has 0 bridgehead atoms. The molecule has 26 heteroatoms.